The largest absolute Gasteiger partial charge is 0.493 e. The van der Waals surface area contributed by atoms with Crippen molar-refractivity contribution in [2.45, 2.75) is 13.5 Å². The molecule has 0 radical (unpaired) electrons. The van der Waals surface area contributed by atoms with Gasteiger partial charge in [-0.25, -0.2) is 0 Å². The molecule has 0 spiro atoms. The minimum absolute atomic E-state index is 0.0725. The second kappa shape index (κ2) is 5.87. The van der Waals surface area contributed by atoms with E-state index in [1.165, 1.54) is 0 Å². The van der Waals surface area contributed by atoms with Crippen molar-refractivity contribution >= 4 is 5.78 Å². The van der Waals surface area contributed by atoms with E-state index in [2.05, 4.69) is 6.07 Å². The molecule has 0 bridgehead atoms. The quantitative estimate of drug-likeness (QED) is 0.771. The minimum atomic E-state index is -0.0725. The maximum absolute atomic E-state index is 12.3. The molecule has 0 fully saturated rings. The van der Waals surface area contributed by atoms with E-state index in [4.69, 9.17) is 10.00 Å². The molecule has 0 amide bonds. The summed E-state index contributed by atoms with van der Waals surface area (Å²) < 4.78 is 7.07. The fraction of sp³-hybridized carbons (Fsp3) is 0.200. The molecule has 2 rings (SSSR count). The second-order valence-electron chi connectivity index (χ2n) is 3.99. The third-order valence-corrected chi connectivity index (χ3v) is 2.75. The van der Waals surface area contributed by atoms with Crippen LogP contribution < -0.4 is 4.74 Å². The minimum Gasteiger partial charge on any atom is -0.493 e. The summed E-state index contributed by atoms with van der Waals surface area (Å²) in [5, 5.41) is 8.92. The maximum Gasteiger partial charge on any atom is 0.186 e. The molecule has 1 heterocycles. The number of nitriles is 1. The van der Waals surface area contributed by atoms with Gasteiger partial charge >= 0.3 is 0 Å². The van der Waals surface area contributed by atoms with Crippen molar-refractivity contribution in [2.24, 2.45) is 0 Å². The van der Waals surface area contributed by atoms with E-state index in [9.17, 15) is 4.79 Å². The predicted molar refractivity (Wildman–Crippen MR) is 71.1 cm³/mol. The molecule has 4 nitrogen and oxygen atoms in total. The van der Waals surface area contributed by atoms with Gasteiger partial charge in [0.15, 0.2) is 5.78 Å². The van der Waals surface area contributed by atoms with Crippen molar-refractivity contribution in [1.82, 2.24) is 4.57 Å². The van der Waals surface area contributed by atoms with Gasteiger partial charge in [-0.1, -0.05) is 12.1 Å². The van der Waals surface area contributed by atoms with Crippen LogP contribution in [0.4, 0.5) is 0 Å². The first kappa shape index (κ1) is 12.9. The van der Waals surface area contributed by atoms with Crippen LogP contribution in [0.5, 0.6) is 5.75 Å². The smallest absolute Gasteiger partial charge is 0.186 e. The number of ketones is 1. The van der Waals surface area contributed by atoms with Crippen molar-refractivity contribution in [3.63, 3.8) is 0 Å². The first-order chi connectivity index (χ1) is 9.26. The molecule has 1 aromatic carbocycles. The summed E-state index contributed by atoms with van der Waals surface area (Å²) in [5.74, 6) is 0.511. The summed E-state index contributed by atoms with van der Waals surface area (Å²) in [4.78, 5) is 12.3. The van der Waals surface area contributed by atoms with Gasteiger partial charge in [0.25, 0.3) is 0 Å². The van der Waals surface area contributed by atoms with E-state index in [1.807, 2.05) is 13.0 Å². The number of hydrogen-bond acceptors (Lipinski definition) is 3. The molecule has 0 aliphatic carbocycles. The molecule has 4 heteroatoms. The van der Waals surface area contributed by atoms with Crippen LogP contribution in [0.25, 0.3) is 0 Å². The molecule has 0 aliphatic heterocycles. The fourth-order valence-corrected chi connectivity index (χ4v) is 1.87. The average Bonchev–Trinajstić information content (AvgIpc) is 2.87. The van der Waals surface area contributed by atoms with E-state index in [-0.39, 0.29) is 12.3 Å². The SMILES string of the molecule is CCOc1ccccc1C(=O)Cn1cccc1C#N. The van der Waals surface area contributed by atoms with Crippen molar-refractivity contribution in [1.29, 1.82) is 5.26 Å². The lowest BCUT2D eigenvalue weighted by molar-refractivity contribution is 0.0968. The zero-order valence-electron chi connectivity index (χ0n) is 10.7. The van der Waals surface area contributed by atoms with Gasteiger partial charge in [0.2, 0.25) is 0 Å². The van der Waals surface area contributed by atoms with Crippen LogP contribution in [-0.2, 0) is 6.54 Å². The Labute approximate surface area is 111 Å². The molecule has 0 aliphatic rings. The summed E-state index contributed by atoms with van der Waals surface area (Å²) >= 11 is 0. The number of rotatable bonds is 5. The summed E-state index contributed by atoms with van der Waals surface area (Å²) in [6.45, 7) is 2.53. The highest BCUT2D eigenvalue weighted by Gasteiger charge is 2.13. The third kappa shape index (κ3) is 2.83. The number of para-hydroxylation sites is 1. The Hall–Kier alpha value is -2.54. The van der Waals surface area contributed by atoms with Crippen LogP contribution in [0.3, 0.4) is 0 Å². The first-order valence-corrected chi connectivity index (χ1v) is 6.06. The van der Waals surface area contributed by atoms with Crippen molar-refractivity contribution in [3.8, 4) is 11.8 Å². The van der Waals surface area contributed by atoms with Crippen molar-refractivity contribution in [3.05, 3.63) is 53.9 Å². The van der Waals surface area contributed by atoms with E-state index in [0.29, 0.717) is 23.6 Å². The van der Waals surface area contributed by atoms with E-state index in [0.717, 1.165) is 0 Å². The van der Waals surface area contributed by atoms with Gasteiger partial charge in [-0.2, -0.15) is 5.26 Å². The van der Waals surface area contributed by atoms with Crippen LogP contribution in [0.15, 0.2) is 42.6 Å². The van der Waals surface area contributed by atoms with E-state index < -0.39 is 0 Å². The van der Waals surface area contributed by atoms with Crippen LogP contribution >= 0.6 is 0 Å². The van der Waals surface area contributed by atoms with Crippen molar-refractivity contribution in [2.75, 3.05) is 6.61 Å². The standard InChI is InChI=1S/C15H14N2O2/c1-2-19-15-8-4-3-7-13(15)14(18)11-17-9-5-6-12(17)10-16/h3-9H,2,11H2,1H3. The number of benzene rings is 1. The molecule has 96 valence electrons. The topological polar surface area (TPSA) is 55.0 Å². The molecular weight excluding hydrogens is 240 g/mol. The fourth-order valence-electron chi connectivity index (χ4n) is 1.87. The normalized spacial score (nSPS) is 9.89. The lowest BCUT2D eigenvalue weighted by Crippen LogP contribution is -2.12. The molecular formula is C15H14N2O2. The maximum atomic E-state index is 12.3. The van der Waals surface area contributed by atoms with Gasteiger partial charge in [-0.05, 0) is 31.2 Å². The number of carbonyl (C=O) groups is 1. The Balaban J connectivity index is 2.23. The Morgan fingerprint density at radius 1 is 1.32 bits per heavy atom. The zero-order valence-corrected chi connectivity index (χ0v) is 10.7. The number of aromatic nitrogens is 1. The highest BCUT2D eigenvalue weighted by Crippen LogP contribution is 2.19. The summed E-state index contributed by atoms with van der Waals surface area (Å²) in [7, 11) is 0. The second-order valence-corrected chi connectivity index (χ2v) is 3.99. The average molecular weight is 254 g/mol. The number of ether oxygens (including phenoxy) is 1. The number of Topliss-reactive ketones (excluding diaryl/α,β-unsaturated/α-hetero) is 1. The molecule has 0 N–H and O–H groups in total. The summed E-state index contributed by atoms with van der Waals surface area (Å²) in [5.41, 5.74) is 1.02. The lowest BCUT2D eigenvalue weighted by atomic mass is 10.1. The van der Waals surface area contributed by atoms with Gasteiger partial charge in [0.1, 0.15) is 17.5 Å². The van der Waals surface area contributed by atoms with Gasteiger partial charge in [-0.3, -0.25) is 4.79 Å². The first-order valence-electron chi connectivity index (χ1n) is 6.06. The van der Waals surface area contributed by atoms with Crippen LogP contribution in [-0.4, -0.2) is 17.0 Å². The highest BCUT2D eigenvalue weighted by molar-refractivity contribution is 5.98. The van der Waals surface area contributed by atoms with Crippen molar-refractivity contribution < 1.29 is 9.53 Å². The molecule has 2 aromatic rings. The Bertz CT molecular complexity index is 623. The van der Waals surface area contributed by atoms with Gasteiger partial charge in [0, 0.05) is 6.20 Å². The third-order valence-electron chi connectivity index (χ3n) is 2.75. The monoisotopic (exact) mass is 254 g/mol. The van der Waals surface area contributed by atoms with Crippen LogP contribution in [0.1, 0.15) is 23.0 Å². The molecule has 0 saturated heterocycles. The summed E-state index contributed by atoms with van der Waals surface area (Å²) in [6, 6.07) is 12.6. The molecule has 1 aromatic heterocycles. The molecule has 0 saturated carbocycles. The molecule has 19 heavy (non-hydrogen) atoms. The Kier molecular flexibility index (Phi) is 3.99. The summed E-state index contributed by atoms with van der Waals surface area (Å²) in [6.07, 6.45) is 1.72. The van der Waals surface area contributed by atoms with E-state index in [1.54, 1.807) is 41.1 Å². The number of nitrogens with zero attached hydrogens (tertiary/aromatic N) is 2. The highest BCUT2D eigenvalue weighted by atomic mass is 16.5. The predicted octanol–water partition coefficient (Wildman–Crippen LogP) is 2.64. The molecule has 0 atom stereocenters. The van der Waals surface area contributed by atoms with Crippen LogP contribution in [0, 0.1) is 11.3 Å². The Morgan fingerprint density at radius 3 is 2.84 bits per heavy atom. The Morgan fingerprint density at radius 2 is 2.11 bits per heavy atom. The van der Waals surface area contributed by atoms with Gasteiger partial charge in [0.05, 0.1) is 18.7 Å². The van der Waals surface area contributed by atoms with Crippen LogP contribution in [0.2, 0.25) is 0 Å². The van der Waals surface area contributed by atoms with Gasteiger partial charge in [-0.15, -0.1) is 0 Å². The lowest BCUT2D eigenvalue weighted by Gasteiger charge is -2.10. The number of hydrogen-bond donors (Lipinski definition) is 0. The van der Waals surface area contributed by atoms with Gasteiger partial charge < -0.3 is 9.30 Å². The number of carbonyl (C=O) groups excluding carboxylic acids is 1. The van der Waals surface area contributed by atoms with E-state index >= 15 is 0 Å². The zero-order chi connectivity index (χ0) is 13.7. The molecule has 0 unspecified atom stereocenters.